The molecule has 6 heteroatoms. The van der Waals surface area contributed by atoms with E-state index in [1.807, 2.05) is 6.21 Å². The van der Waals surface area contributed by atoms with Crippen LogP contribution in [0.15, 0.2) is 21.9 Å². The highest BCUT2D eigenvalue weighted by molar-refractivity contribution is 6.06. The predicted octanol–water partition coefficient (Wildman–Crippen LogP) is 2.20. The van der Waals surface area contributed by atoms with E-state index < -0.39 is 5.54 Å². The highest BCUT2D eigenvalue weighted by atomic mass is 16.5. The molecule has 126 valence electrons. The van der Waals surface area contributed by atoms with Crippen molar-refractivity contribution in [2.45, 2.75) is 56.9 Å². The summed E-state index contributed by atoms with van der Waals surface area (Å²) in [5.74, 6) is 1.61. The molecule has 2 aliphatic heterocycles. The largest absolute Gasteiger partial charge is 0.493 e. The van der Waals surface area contributed by atoms with Gasteiger partial charge in [-0.2, -0.15) is 0 Å². The van der Waals surface area contributed by atoms with Crippen LogP contribution in [0.5, 0.6) is 0 Å². The normalized spacial score (nSPS) is 28.7. The lowest BCUT2D eigenvalue weighted by molar-refractivity contribution is -0.132. The number of allylic oxidation sites excluding steroid dienone is 1. The van der Waals surface area contributed by atoms with E-state index >= 15 is 0 Å². The number of likely N-dealkylation sites (N-methyl/N-ethyl adjacent to an activating group) is 1. The highest BCUT2D eigenvalue weighted by Gasteiger charge is 2.48. The summed E-state index contributed by atoms with van der Waals surface area (Å²) in [6.45, 7) is 0.259. The molecule has 0 aromatic heterocycles. The van der Waals surface area contributed by atoms with Crippen LogP contribution in [0.2, 0.25) is 0 Å². The Kier molecular flexibility index (Phi) is 4.68. The Morgan fingerprint density at radius 2 is 2.17 bits per heavy atom. The maximum atomic E-state index is 12.8. The van der Waals surface area contributed by atoms with E-state index in [0.717, 1.165) is 25.0 Å². The van der Waals surface area contributed by atoms with E-state index in [1.54, 1.807) is 13.2 Å². The molecule has 2 heterocycles. The van der Waals surface area contributed by atoms with Crippen LogP contribution in [-0.4, -0.2) is 42.2 Å². The van der Waals surface area contributed by atoms with Gasteiger partial charge in [0.05, 0.1) is 6.20 Å². The van der Waals surface area contributed by atoms with E-state index in [0.29, 0.717) is 11.9 Å². The van der Waals surface area contributed by atoms with Crippen molar-refractivity contribution in [3.05, 3.63) is 12.0 Å². The molecule has 1 aliphatic carbocycles. The fourth-order valence-electron chi connectivity index (χ4n) is 3.72. The summed E-state index contributed by atoms with van der Waals surface area (Å²) in [4.78, 5) is 22.9. The Morgan fingerprint density at radius 1 is 1.39 bits per heavy atom. The number of amides is 1. The first-order chi connectivity index (χ1) is 11.1. The Hall–Kier alpha value is -1.85. The first-order valence-corrected chi connectivity index (χ1v) is 8.58. The van der Waals surface area contributed by atoms with Gasteiger partial charge < -0.3 is 10.5 Å². The molecule has 23 heavy (non-hydrogen) atoms. The summed E-state index contributed by atoms with van der Waals surface area (Å²) >= 11 is 0. The maximum Gasteiger partial charge on any atom is 0.260 e. The molecule has 0 aromatic carbocycles. The van der Waals surface area contributed by atoms with Gasteiger partial charge in [-0.1, -0.05) is 32.1 Å². The molecule has 0 radical (unpaired) electrons. The van der Waals surface area contributed by atoms with Gasteiger partial charge in [-0.15, -0.1) is 0 Å². The van der Waals surface area contributed by atoms with Gasteiger partial charge in [-0.05, 0) is 18.8 Å². The second-order valence-electron chi connectivity index (χ2n) is 6.83. The Balaban J connectivity index is 1.74. The topological polar surface area (TPSA) is 80.3 Å². The van der Waals surface area contributed by atoms with Crippen LogP contribution in [0.1, 0.15) is 51.4 Å². The van der Waals surface area contributed by atoms with Crippen molar-refractivity contribution in [3.8, 4) is 0 Å². The first kappa shape index (κ1) is 16.0. The molecule has 1 unspecified atom stereocenters. The van der Waals surface area contributed by atoms with Crippen LogP contribution < -0.4 is 5.73 Å². The summed E-state index contributed by atoms with van der Waals surface area (Å²) in [5, 5.41) is 0. The molecule has 6 nitrogen and oxygen atoms in total. The number of rotatable bonds is 5. The Bertz CT molecular complexity index is 549. The average Bonchev–Trinajstić information content (AvgIpc) is 2.79. The predicted molar refractivity (Wildman–Crippen MR) is 90.1 cm³/mol. The zero-order valence-electron chi connectivity index (χ0n) is 13.8. The van der Waals surface area contributed by atoms with Crippen LogP contribution >= 0.6 is 0 Å². The van der Waals surface area contributed by atoms with Crippen LogP contribution in [0.4, 0.5) is 0 Å². The number of nitrogens with two attached hydrogens (primary N) is 1. The highest BCUT2D eigenvalue weighted by Crippen LogP contribution is 2.36. The minimum atomic E-state index is -0.858. The number of carbonyl (C=O) groups excluding carboxylic acids is 1. The first-order valence-electron chi connectivity index (χ1n) is 8.58. The third kappa shape index (κ3) is 3.41. The van der Waals surface area contributed by atoms with Crippen LogP contribution in [0.25, 0.3) is 0 Å². The van der Waals surface area contributed by atoms with E-state index in [2.05, 4.69) is 9.98 Å². The zero-order valence-corrected chi connectivity index (χ0v) is 13.8. The van der Waals surface area contributed by atoms with Gasteiger partial charge in [0, 0.05) is 19.7 Å². The molecule has 0 bridgehead atoms. The molecule has 1 amide bonds. The zero-order chi connectivity index (χ0) is 16.3. The smallest absolute Gasteiger partial charge is 0.260 e. The van der Waals surface area contributed by atoms with E-state index in [4.69, 9.17) is 10.5 Å². The molecular formula is C17H26N4O2. The number of guanidine groups is 1. The summed E-state index contributed by atoms with van der Waals surface area (Å²) < 4.78 is 5.92. The van der Waals surface area contributed by atoms with Crippen molar-refractivity contribution < 1.29 is 9.53 Å². The summed E-state index contributed by atoms with van der Waals surface area (Å²) in [6, 6.07) is 0. The molecule has 0 aromatic rings. The lowest BCUT2D eigenvalue weighted by Crippen LogP contribution is -2.46. The standard InChI is InChI=1S/C17H26N4O2/c1-21-15(22)17(20-16(21)18,10-13-6-3-2-4-7-13)12-23-14-8-5-9-19-11-14/h9,11,13H,2-8,10,12H2,1H3,(H2,18,20). The summed E-state index contributed by atoms with van der Waals surface area (Å²) in [7, 11) is 1.69. The average molecular weight is 318 g/mol. The van der Waals surface area contributed by atoms with Crippen LogP contribution in [0, 0.1) is 5.92 Å². The van der Waals surface area contributed by atoms with Crippen LogP contribution in [0.3, 0.4) is 0 Å². The lowest BCUT2D eigenvalue weighted by atomic mass is 9.79. The van der Waals surface area contributed by atoms with Crippen molar-refractivity contribution in [1.29, 1.82) is 0 Å². The third-order valence-corrected chi connectivity index (χ3v) is 5.07. The third-order valence-electron chi connectivity index (χ3n) is 5.07. The van der Waals surface area contributed by atoms with Gasteiger partial charge in [0.1, 0.15) is 12.4 Å². The molecule has 1 atom stereocenters. The van der Waals surface area contributed by atoms with Gasteiger partial charge in [0.25, 0.3) is 5.91 Å². The SMILES string of the molecule is CN1C(=O)C(COC2=CN=CCC2)(CC2CCCCC2)N=C1N. The number of carbonyl (C=O) groups is 1. The van der Waals surface area contributed by atoms with Gasteiger partial charge >= 0.3 is 0 Å². The van der Waals surface area contributed by atoms with E-state index in [-0.39, 0.29) is 12.5 Å². The van der Waals surface area contributed by atoms with Crippen molar-refractivity contribution in [1.82, 2.24) is 4.90 Å². The minimum Gasteiger partial charge on any atom is -0.493 e. The van der Waals surface area contributed by atoms with Crippen molar-refractivity contribution in [2.24, 2.45) is 21.6 Å². The monoisotopic (exact) mass is 318 g/mol. The van der Waals surface area contributed by atoms with E-state index in [9.17, 15) is 4.79 Å². The molecule has 3 aliphatic rings. The quantitative estimate of drug-likeness (QED) is 0.844. The number of hydrogen-bond acceptors (Lipinski definition) is 5. The van der Waals surface area contributed by atoms with Gasteiger partial charge in [0.2, 0.25) is 0 Å². The van der Waals surface area contributed by atoms with Gasteiger partial charge in [0.15, 0.2) is 11.5 Å². The second-order valence-corrected chi connectivity index (χ2v) is 6.83. The lowest BCUT2D eigenvalue weighted by Gasteiger charge is -2.31. The number of nitrogens with zero attached hydrogens (tertiary/aromatic N) is 3. The molecule has 2 N–H and O–H groups in total. The number of ether oxygens (including phenoxy) is 1. The van der Waals surface area contributed by atoms with Gasteiger partial charge in [-0.3, -0.25) is 14.7 Å². The molecule has 0 spiro atoms. The van der Waals surface area contributed by atoms with Crippen LogP contribution in [-0.2, 0) is 9.53 Å². The van der Waals surface area contributed by atoms with E-state index in [1.165, 1.54) is 37.0 Å². The molecule has 1 saturated carbocycles. The molecule has 1 fully saturated rings. The number of aliphatic imine (C=N–C) groups is 2. The fourth-order valence-corrected chi connectivity index (χ4v) is 3.72. The Morgan fingerprint density at radius 3 is 2.78 bits per heavy atom. The fraction of sp³-hybridized carbons (Fsp3) is 0.706. The van der Waals surface area contributed by atoms with Crippen molar-refractivity contribution in [2.75, 3.05) is 13.7 Å². The molecule has 3 rings (SSSR count). The van der Waals surface area contributed by atoms with Gasteiger partial charge in [-0.25, -0.2) is 4.99 Å². The summed E-state index contributed by atoms with van der Waals surface area (Å²) in [6.07, 6.45) is 12.1. The minimum absolute atomic E-state index is 0.0412. The molecule has 0 saturated heterocycles. The number of hydrogen-bond donors (Lipinski definition) is 1. The molecular weight excluding hydrogens is 292 g/mol. The summed E-state index contributed by atoms with van der Waals surface area (Å²) in [5.41, 5.74) is 5.06. The second kappa shape index (κ2) is 6.72. The van der Waals surface area contributed by atoms with Crippen molar-refractivity contribution in [3.63, 3.8) is 0 Å². The maximum absolute atomic E-state index is 12.8. The Labute approximate surface area is 137 Å². The van der Waals surface area contributed by atoms with Crippen molar-refractivity contribution >= 4 is 18.1 Å².